The van der Waals surface area contributed by atoms with Gasteiger partial charge in [0.15, 0.2) is 5.96 Å². The molecule has 1 aromatic carbocycles. The maximum Gasteiger partial charge on any atom is 0.326 e. The summed E-state index contributed by atoms with van der Waals surface area (Å²) in [6.45, 7) is 12.5. The summed E-state index contributed by atoms with van der Waals surface area (Å²) in [6.07, 6.45) is 1.58. The lowest BCUT2D eigenvalue weighted by Crippen LogP contribution is -2.56. The number of guanidine groups is 1. The number of hydrogen-bond donors (Lipinski definition) is 2. The first kappa shape index (κ1) is 51.4. The number of aliphatic imine (C=N–C) groups is 1. The van der Waals surface area contributed by atoms with E-state index in [1.165, 1.54) is 7.11 Å². The van der Waals surface area contributed by atoms with Crippen molar-refractivity contribution in [1.82, 2.24) is 29.8 Å². The third-order valence-corrected chi connectivity index (χ3v) is 12.3. The van der Waals surface area contributed by atoms with E-state index in [1.54, 1.807) is 30.9 Å². The van der Waals surface area contributed by atoms with Gasteiger partial charge in [-0.2, -0.15) is 0 Å². The lowest BCUT2D eigenvalue weighted by molar-refractivity contribution is -0.147. The molecule has 18 heteroatoms. The SMILES string of the molecule is CC[C@H](C)[C@@H]([C@@H](CC(=O)N1CCC[C@H]1[C@H](OC)[C@@H](C)C(=O)N[C@@H](Cc1ccccc1)C(=O)O)OC)N(C)C(=O)[C@@H](/N=C(\N(C)C)N1CCN(C(=O)CCCN=[N+]=[N-])CC1)C(C)C. The van der Waals surface area contributed by atoms with E-state index in [-0.39, 0.29) is 48.9 Å². The molecule has 0 aromatic heterocycles. The lowest BCUT2D eigenvalue weighted by Gasteiger charge is -2.41. The molecule has 62 heavy (non-hydrogen) atoms. The van der Waals surface area contributed by atoms with Crippen molar-refractivity contribution in [1.29, 1.82) is 0 Å². The topological polar surface area (TPSA) is 213 Å². The minimum Gasteiger partial charge on any atom is -0.480 e. The smallest absolute Gasteiger partial charge is 0.326 e. The predicted molar refractivity (Wildman–Crippen MR) is 237 cm³/mol. The molecule has 2 fully saturated rings. The lowest BCUT2D eigenvalue weighted by atomic mass is 9.89. The van der Waals surface area contributed by atoms with E-state index in [9.17, 15) is 29.1 Å². The molecule has 1 aromatic rings. The number of rotatable bonds is 22. The van der Waals surface area contributed by atoms with Gasteiger partial charge in [0, 0.05) is 92.4 Å². The standard InChI is InChI=1S/C44H72N10O8/c1-11-30(4)39(51(8)42(58)38(29(2)3)48-44(50(6)7)53-25-23-52(24-26-53)36(55)20-15-21-46-49-45)35(61-9)28-37(56)54-22-16-19-34(54)40(62-10)31(5)41(57)47-33(43(59)60)27-32-17-13-12-14-18-32/h12-14,17-18,29-31,33-35,38-40H,11,15-16,19-28H2,1-10H3,(H,47,57)(H,59,60)/b48-44+/t30-,31+,33-,34-,35+,38-,39-,40+/m0/s1. The average Bonchev–Trinajstić information content (AvgIpc) is 3.74. The van der Waals surface area contributed by atoms with Gasteiger partial charge in [0.1, 0.15) is 12.1 Å². The first-order chi connectivity index (χ1) is 29.5. The van der Waals surface area contributed by atoms with E-state index in [0.717, 1.165) is 12.0 Å². The Bertz CT molecular complexity index is 1700. The second-order valence-corrected chi connectivity index (χ2v) is 17.1. The van der Waals surface area contributed by atoms with Crippen LogP contribution in [0.1, 0.15) is 78.7 Å². The fraction of sp³-hybridized carbons (Fsp3) is 0.727. The van der Waals surface area contributed by atoms with E-state index < -0.39 is 54.2 Å². The van der Waals surface area contributed by atoms with Gasteiger partial charge < -0.3 is 44.4 Å². The highest BCUT2D eigenvalue weighted by Gasteiger charge is 2.43. The Labute approximate surface area is 367 Å². The monoisotopic (exact) mass is 869 g/mol. The number of amides is 4. The van der Waals surface area contributed by atoms with Gasteiger partial charge >= 0.3 is 5.97 Å². The molecule has 4 amide bonds. The van der Waals surface area contributed by atoms with Crippen LogP contribution in [0.2, 0.25) is 0 Å². The summed E-state index contributed by atoms with van der Waals surface area (Å²) in [7, 11) is 8.58. The van der Waals surface area contributed by atoms with Crippen LogP contribution in [-0.2, 0) is 39.9 Å². The molecule has 346 valence electrons. The van der Waals surface area contributed by atoms with Gasteiger partial charge in [0.05, 0.1) is 36.6 Å². The van der Waals surface area contributed by atoms with Crippen LogP contribution in [-0.4, -0.2) is 176 Å². The zero-order chi connectivity index (χ0) is 46.1. The summed E-state index contributed by atoms with van der Waals surface area (Å²) in [6, 6.07) is 6.31. The Kier molecular flexibility index (Phi) is 20.9. The Hall–Kier alpha value is -4.93. The summed E-state index contributed by atoms with van der Waals surface area (Å²) < 4.78 is 12.0. The quantitative estimate of drug-likeness (QED) is 0.0429. The summed E-state index contributed by atoms with van der Waals surface area (Å²) in [5.41, 5.74) is 9.30. The van der Waals surface area contributed by atoms with E-state index in [0.29, 0.717) is 64.4 Å². The van der Waals surface area contributed by atoms with E-state index in [4.69, 9.17) is 20.0 Å². The van der Waals surface area contributed by atoms with Crippen molar-refractivity contribution in [2.24, 2.45) is 27.9 Å². The summed E-state index contributed by atoms with van der Waals surface area (Å²) >= 11 is 0. The van der Waals surface area contributed by atoms with E-state index in [1.807, 2.05) is 81.9 Å². The normalized spacial score (nSPS) is 19.1. The van der Waals surface area contributed by atoms with E-state index in [2.05, 4.69) is 20.2 Å². The van der Waals surface area contributed by atoms with Crippen molar-refractivity contribution in [3.05, 3.63) is 46.3 Å². The van der Waals surface area contributed by atoms with Gasteiger partial charge in [-0.05, 0) is 42.2 Å². The molecule has 2 N–H and O–H groups in total. The van der Waals surface area contributed by atoms with Gasteiger partial charge in [-0.1, -0.05) is 76.5 Å². The number of nitrogens with zero attached hydrogens (tertiary/aromatic N) is 9. The number of piperazine rings is 1. The maximum absolute atomic E-state index is 14.6. The fourth-order valence-corrected chi connectivity index (χ4v) is 8.62. The number of ether oxygens (including phenoxy) is 2. The summed E-state index contributed by atoms with van der Waals surface area (Å²) in [5, 5.41) is 16.1. The number of likely N-dealkylation sites (tertiary alicyclic amines) is 1. The number of aliphatic carboxylic acids is 1. The minimum atomic E-state index is -1.14. The van der Waals surface area contributed by atoms with Crippen LogP contribution in [0.15, 0.2) is 40.4 Å². The molecule has 0 unspecified atom stereocenters. The Morgan fingerprint density at radius 2 is 1.60 bits per heavy atom. The highest BCUT2D eigenvalue weighted by molar-refractivity contribution is 5.88. The van der Waals surface area contributed by atoms with Crippen molar-refractivity contribution in [2.75, 3.05) is 74.6 Å². The average molecular weight is 869 g/mol. The van der Waals surface area contributed by atoms with Crippen LogP contribution in [0.3, 0.4) is 0 Å². The minimum absolute atomic E-state index is 0.0120. The zero-order valence-electron chi connectivity index (χ0n) is 38.6. The van der Waals surface area contributed by atoms with Crippen LogP contribution < -0.4 is 5.32 Å². The molecule has 0 bridgehead atoms. The molecule has 2 heterocycles. The number of nitrogens with one attached hydrogen (secondary N) is 1. The largest absolute Gasteiger partial charge is 0.480 e. The molecule has 8 atom stereocenters. The van der Waals surface area contributed by atoms with Crippen LogP contribution in [0, 0.1) is 17.8 Å². The number of benzene rings is 1. The van der Waals surface area contributed by atoms with Crippen molar-refractivity contribution in [2.45, 2.75) is 116 Å². The molecule has 2 saturated heterocycles. The number of likely N-dealkylation sites (N-methyl/N-ethyl adjacent to an activating group) is 1. The highest BCUT2D eigenvalue weighted by atomic mass is 16.5. The van der Waals surface area contributed by atoms with Crippen molar-refractivity contribution < 1.29 is 38.6 Å². The molecular weight excluding hydrogens is 797 g/mol. The fourth-order valence-electron chi connectivity index (χ4n) is 8.62. The molecule has 0 saturated carbocycles. The van der Waals surface area contributed by atoms with Gasteiger partial charge in [-0.3, -0.25) is 19.2 Å². The molecule has 2 aliphatic rings. The Balaban J connectivity index is 1.78. The summed E-state index contributed by atoms with van der Waals surface area (Å²) in [5.74, 6) is -2.32. The second kappa shape index (κ2) is 25.2. The second-order valence-electron chi connectivity index (χ2n) is 17.1. The zero-order valence-corrected chi connectivity index (χ0v) is 38.6. The number of azide groups is 1. The van der Waals surface area contributed by atoms with Crippen LogP contribution in [0.5, 0.6) is 0 Å². The maximum atomic E-state index is 14.6. The molecule has 2 aliphatic heterocycles. The van der Waals surface area contributed by atoms with Crippen molar-refractivity contribution in [3.63, 3.8) is 0 Å². The van der Waals surface area contributed by atoms with E-state index >= 15 is 0 Å². The van der Waals surface area contributed by atoms with Crippen molar-refractivity contribution in [3.8, 4) is 0 Å². The molecule has 0 radical (unpaired) electrons. The van der Waals surface area contributed by atoms with Crippen LogP contribution >= 0.6 is 0 Å². The predicted octanol–water partition coefficient (Wildman–Crippen LogP) is 3.90. The highest BCUT2D eigenvalue weighted by Crippen LogP contribution is 2.30. The first-order valence-electron chi connectivity index (χ1n) is 22.0. The molecule has 3 rings (SSSR count). The number of carbonyl (C=O) groups is 5. The van der Waals surface area contributed by atoms with Gasteiger partial charge in [-0.15, -0.1) is 0 Å². The molecule has 0 aliphatic carbocycles. The summed E-state index contributed by atoms with van der Waals surface area (Å²) in [4.78, 5) is 84.6. The number of carbonyl (C=O) groups excluding carboxylic acids is 4. The molecular formula is C44H72N10O8. The Morgan fingerprint density at radius 1 is 0.952 bits per heavy atom. The van der Waals surface area contributed by atoms with Crippen molar-refractivity contribution >= 4 is 35.6 Å². The van der Waals surface area contributed by atoms with Crippen LogP contribution in [0.25, 0.3) is 10.4 Å². The third-order valence-electron chi connectivity index (χ3n) is 12.3. The molecule has 18 nitrogen and oxygen atoms in total. The first-order valence-corrected chi connectivity index (χ1v) is 22.0. The Morgan fingerprint density at radius 3 is 2.15 bits per heavy atom. The number of carboxylic acids is 1. The number of carboxylic acid groups (broad SMARTS) is 1. The number of hydrogen-bond acceptors (Lipinski definition) is 9. The molecule has 0 spiro atoms. The van der Waals surface area contributed by atoms with Gasteiger partial charge in [-0.25, -0.2) is 9.79 Å². The number of methoxy groups -OCH3 is 2. The van der Waals surface area contributed by atoms with Gasteiger partial charge in [0.2, 0.25) is 23.6 Å². The van der Waals surface area contributed by atoms with Gasteiger partial charge in [0.25, 0.3) is 0 Å². The van der Waals surface area contributed by atoms with Crippen LogP contribution in [0.4, 0.5) is 0 Å². The third kappa shape index (κ3) is 14.0.